The molecule has 2 aromatic carbocycles. The number of benzene rings is 2. The van der Waals surface area contributed by atoms with E-state index >= 15 is 0 Å². The molecule has 1 fully saturated rings. The molecule has 1 N–H and O–H groups in total. The molecule has 0 atom stereocenters. The van der Waals surface area contributed by atoms with E-state index in [2.05, 4.69) is 5.32 Å². The summed E-state index contributed by atoms with van der Waals surface area (Å²) in [7, 11) is 1.02. The second-order valence-electron chi connectivity index (χ2n) is 6.97. The van der Waals surface area contributed by atoms with Gasteiger partial charge in [0.2, 0.25) is 15.9 Å². The number of methoxy groups -OCH3 is 3. The standard InChI is InChI=1S/C21H27N3O6S/c1-28-16-4-7-18(8-5-16)31(26,27)24-12-10-23(11-13-24)15-21(25)22-19-14-17(29-2)6-9-20(19)30-3/h4-9,14H,10-13,15H2,1-3H3,(H,22,25). The van der Waals surface area contributed by atoms with Crippen LogP contribution in [0.4, 0.5) is 5.69 Å². The smallest absolute Gasteiger partial charge is 0.243 e. The van der Waals surface area contributed by atoms with Crippen molar-refractivity contribution in [2.75, 3.05) is 59.4 Å². The van der Waals surface area contributed by atoms with Crippen molar-refractivity contribution in [1.29, 1.82) is 0 Å². The SMILES string of the molecule is COc1ccc(S(=O)(=O)N2CCN(CC(=O)Nc3cc(OC)ccc3OC)CC2)cc1. The fourth-order valence-electron chi connectivity index (χ4n) is 3.33. The third kappa shape index (κ3) is 5.46. The maximum Gasteiger partial charge on any atom is 0.243 e. The zero-order valence-corrected chi connectivity index (χ0v) is 18.6. The number of hydrogen-bond donors (Lipinski definition) is 1. The summed E-state index contributed by atoms with van der Waals surface area (Å²) >= 11 is 0. The monoisotopic (exact) mass is 449 g/mol. The molecule has 31 heavy (non-hydrogen) atoms. The number of amides is 1. The predicted molar refractivity (Wildman–Crippen MR) is 116 cm³/mol. The van der Waals surface area contributed by atoms with Gasteiger partial charge in [0.25, 0.3) is 0 Å². The number of nitrogens with zero attached hydrogens (tertiary/aromatic N) is 2. The highest BCUT2D eigenvalue weighted by Gasteiger charge is 2.29. The first-order valence-electron chi connectivity index (χ1n) is 9.76. The van der Waals surface area contributed by atoms with Crippen LogP contribution in [0.5, 0.6) is 17.2 Å². The molecule has 0 spiro atoms. The van der Waals surface area contributed by atoms with Crippen molar-refractivity contribution >= 4 is 21.6 Å². The van der Waals surface area contributed by atoms with Crippen LogP contribution in [0, 0.1) is 0 Å². The molecule has 168 valence electrons. The van der Waals surface area contributed by atoms with Gasteiger partial charge in [-0.2, -0.15) is 4.31 Å². The molecule has 2 aromatic rings. The second kappa shape index (κ2) is 9.99. The Bertz CT molecular complexity index is 1000. The van der Waals surface area contributed by atoms with Crippen molar-refractivity contribution < 1.29 is 27.4 Å². The first kappa shape index (κ1) is 22.9. The van der Waals surface area contributed by atoms with Gasteiger partial charge < -0.3 is 19.5 Å². The van der Waals surface area contributed by atoms with Crippen LogP contribution in [0.1, 0.15) is 0 Å². The van der Waals surface area contributed by atoms with E-state index in [1.165, 1.54) is 30.7 Å². The van der Waals surface area contributed by atoms with Crippen LogP contribution in [-0.4, -0.2) is 77.6 Å². The Morgan fingerprint density at radius 3 is 2.10 bits per heavy atom. The molecule has 0 unspecified atom stereocenters. The summed E-state index contributed by atoms with van der Waals surface area (Å²) in [4.78, 5) is 14.7. The summed E-state index contributed by atoms with van der Waals surface area (Å²) in [5.41, 5.74) is 0.521. The van der Waals surface area contributed by atoms with Gasteiger partial charge in [0.15, 0.2) is 0 Å². The highest BCUT2D eigenvalue weighted by molar-refractivity contribution is 7.89. The van der Waals surface area contributed by atoms with Gasteiger partial charge in [0, 0.05) is 32.2 Å². The molecule has 0 aliphatic carbocycles. The van der Waals surface area contributed by atoms with Crippen molar-refractivity contribution in [3.05, 3.63) is 42.5 Å². The summed E-state index contributed by atoms with van der Waals surface area (Å²) in [6.07, 6.45) is 0. The minimum atomic E-state index is -3.58. The molecule has 1 amide bonds. The highest BCUT2D eigenvalue weighted by Crippen LogP contribution is 2.29. The largest absolute Gasteiger partial charge is 0.497 e. The fourth-order valence-corrected chi connectivity index (χ4v) is 4.75. The van der Waals surface area contributed by atoms with E-state index in [1.807, 2.05) is 4.90 Å². The minimum absolute atomic E-state index is 0.150. The molecule has 1 aliphatic rings. The zero-order chi connectivity index (χ0) is 22.4. The number of sulfonamides is 1. The molecule has 0 bridgehead atoms. The van der Waals surface area contributed by atoms with Crippen molar-refractivity contribution in [3.8, 4) is 17.2 Å². The molecule has 0 saturated carbocycles. The molecule has 9 nitrogen and oxygen atoms in total. The quantitative estimate of drug-likeness (QED) is 0.655. The fraction of sp³-hybridized carbons (Fsp3) is 0.381. The number of anilines is 1. The summed E-state index contributed by atoms with van der Waals surface area (Å²) in [5, 5.41) is 2.83. The van der Waals surface area contributed by atoms with Gasteiger partial charge in [-0.15, -0.1) is 0 Å². The van der Waals surface area contributed by atoms with Gasteiger partial charge >= 0.3 is 0 Å². The Kier molecular flexibility index (Phi) is 7.37. The van der Waals surface area contributed by atoms with Crippen LogP contribution < -0.4 is 19.5 Å². The van der Waals surface area contributed by atoms with Crippen LogP contribution in [0.3, 0.4) is 0 Å². The van der Waals surface area contributed by atoms with Gasteiger partial charge in [0.05, 0.1) is 38.5 Å². The first-order valence-corrected chi connectivity index (χ1v) is 11.2. The maximum atomic E-state index is 12.8. The van der Waals surface area contributed by atoms with Gasteiger partial charge in [-0.1, -0.05) is 0 Å². The van der Waals surface area contributed by atoms with E-state index in [0.717, 1.165) is 0 Å². The maximum absolute atomic E-state index is 12.8. The summed E-state index contributed by atoms with van der Waals surface area (Å²) in [6.45, 7) is 1.68. The van der Waals surface area contributed by atoms with Gasteiger partial charge in [0.1, 0.15) is 17.2 Å². The van der Waals surface area contributed by atoms with E-state index in [1.54, 1.807) is 37.4 Å². The lowest BCUT2D eigenvalue weighted by Gasteiger charge is -2.33. The van der Waals surface area contributed by atoms with Crippen molar-refractivity contribution in [3.63, 3.8) is 0 Å². The number of carbonyl (C=O) groups is 1. The number of hydrogen-bond acceptors (Lipinski definition) is 7. The van der Waals surface area contributed by atoms with Crippen molar-refractivity contribution in [2.45, 2.75) is 4.90 Å². The van der Waals surface area contributed by atoms with E-state index < -0.39 is 10.0 Å². The van der Waals surface area contributed by atoms with Crippen LogP contribution in [-0.2, 0) is 14.8 Å². The molecule has 0 aromatic heterocycles. The lowest BCUT2D eigenvalue weighted by Crippen LogP contribution is -2.50. The Labute approximate surface area is 182 Å². The lowest BCUT2D eigenvalue weighted by atomic mass is 10.2. The Morgan fingerprint density at radius 2 is 1.52 bits per heavy atom. The predicted octanol–water partition coefficient (Wildman–Crippen LogP) is 1.66. The van der Waals surface area contributed by atoms with E-state index in [0.29, 0.717) is 49.1 Å². The van der Waals surface area contributed by atoms with Gasteiger partial charge in [-0.3, -0.25) is 9.69 Å². The highest BCUT2D eigenvalue weighted by atomic mass is 32.2. The third-order valence-electron chi connectivity index (χ3n) is 5.08. The first-order chi connectivity index (χ1) is 14.9. The molecule has 0 radical (unpaired) electrons. The Morgan fingerprint density at radius 1 is 0.903 bits per heavy atom. The molecule has 3 rings (SSSR count). The molecular formula is C21H27N3O6S. The molecule has 1 aliphatic heterocycles. The number of rotatable bonds is 8. The van der Waals surface area contributed by atoms with Crippen LogP contribution in [0.2, 0.25) is 0 Å². The van der Waals surface area contributed by atoms with Crippen LogP contribution in [0.25, 0.3) is 0 Å². The second-order valence-corrected chi connectivity index (χ2v) is 8.91. The summed E-state index contributed by atoms with van der Waals surface area (Å²) in [5.74, 6) is 1.53. The third-order valence-corrected chi connectivity index (χ3v) is 6.99. The Hall–Kier alpha value is -2.82. The number of carbonyl (C=O) groups excluding carboxylic acids is 1. The van der Waals surface area contributed by atoms with Crippen LogP contribution in [0.15, 0.2) is 47.4 Å². The van der Waals surface area contributed by atoms with Crippen molar-refractivity contribution in [2.24, 2.45) is 0 Å². The number of piperazine rings is 1. The zero-order valence-electron chi connectivity index (χ0n) is 17.8. The molecule has 10 heteroatoms. The molecule has 1 saturated heterocycles. The van der Waals surface area contributed by atoms with E-state index in [9.17, 15) is 13.2 Å². The van der Waals surface area contributed by atoms with E-state index in [-0.39, 0.29) is 17.3 Å². The van der Waals surface area contributed by atoms with Crippen molar-refractivity contribution in [1.82, 2.24) is 9.21 Å². The van der Waals surface area contributed by atoms with Gasteiger partial charge in [-0.05, 0) is 36.4 Å². The molecule has 1 heterocycles. The summed E-state index contributed by atoms with van der Waals surface area (Å²) < 4.78 is 42.7. The van der Waals surface area contributed by atoms with E-state index in [4.69, 9.17) is 14.2 Å². The normalized spacial score (nSPS) is 15.3. The van der Waals surface area contributed by atoms with Crippen LogP contribution >= 0.6 is 0 Å². The Balaban J connectivity index is 1.57. The average molecular weight is 450 g/mol. The minimum Gasteiger partial charge on any atom is -0.497 e. The lowest BCUT2D eigenvalue weighted by molar-refractivity contribution is -0.117. The van der Waals surface area contributed by atoms with Gasteiger partial charge in [-0.25, -0.2) is 8.42 Å². The number of nitrogens with one attached hydrogen (secondary N) is 1. The summed E-state index contributed by atoms with van der Waals surface area (Å²) in [6, 6.07) is 11.5. The number of ether oxygens (including phenoxy) is 3. The topological polar surface area (TPSA) is 97.4 Å². The average Bonchev–Trinajstić information content (AvgIpc) is 2.79. The molecular weight excluding hydrogens is 422 g/mol.